The Kier molecular flexibility index (Phi) is 6.31. The van der Waals surface area contributed by atoms with Gasteiger partial charge in [-0.1, -0.05) is 12.1 Å². The van der Waals surface area contributed by atoms with Gasteiger partial charge in [-0.2, -0.15) is 0 Å². The van der Waals surface area contributed by atoms with Crippen LogP contribution in [0.2, 0.25) is 0 Å². The number of sulfonamides is 1. The highest BCUT2D eigenvalue weighted by Crippen LogP contribution is 2.24. The van der Waals surface area contributed by atoms with E-state index in [4.69, 9.17) is 4.74 Å². The number of nitrogens with zero attached hydrogens (tertiary/aromatic N) is 1. The molecule has 28 heavy (non-hydrogen) atoms. The van der Waals surface area contributed by atoms with Crippen molar-refractivity contribution < 1.29 is 27.7 Å². The molecule has 1 amide bonds. The second-order valence-corrected chi connectivity index (χ2v) is 7.37. The van der Waals surface area contributed by atoms with E-state index in [1.807, 2.05) is 0 Å². The van der Waals surface area contributed by atoms with E-state index in [1.54, 1.807) is 19.1 Å². The molecule has 2 aromatic rings. The molecule has 0 heterocycles. The molecule has 0 unspecified atom stereocenters. The van der Waals surface area contributed by atoms with Crippen LogP contribution in [0.1, 0.15) is 27.6 Å². The van der Waals surface area contributed by atoms with E-state index in [0.29, 0.717) is 0 Å². The van der Waals surface area contributed by atoms with Crippen molar-refractivity contribution in [3.05, 3.63) is 63.7 Å². The highest BCUT2D eigenvalue weighted by atomic mass is 32.2. The van der Waals surface area contributed by atoms with Crippen LogP contribution in [0.4, 0.5) is 17.1 Å². The zero-order valence-corrected chi connectivity index (χ0v) is 15.8. The van der Waals surface area contributed by atoms with E-state index in [-0.39, 0.29) is 29.1 Å². The van der Waals surface area contributed by atoms with Crippen molar-refractivity contribution >= 4 is 39.0 Å². The number of amides is 1. The number of benzene rings is 2. The molecule has 0 aliphatic heterocycles. The third kappa shape index (κ3) is 5.51. The van der Waals surface area contributed by atoms with Gasteiger partial charge in [0.05, 0.1) is 34.7 Å². The molecule has 0 radical (unpaired) electrons. The maximum absolute atomic E-state index is 12.6. The highest BCUT2D eigenvalue weighted by Gasteiger charge is 2.19. The van der Waals surface area contributed by atoms with Crippen molar-refractivity contribution in [3.8, 4) is 0 Å². The molecule has 0 saturated heterocycles. The number of hydrogen-bond donors (Lipinski definition) is 2. The van der Waals surface area contributed by atoms with Crippen LogP contribution in [0.15, 0.2) is 42.5 Å². The molecule has 11 heteroatoms. The fraction of sp³-hybridized carbons (Fsp3) is 0.176. The smallest absolute Gasteiger partial charge is 0.338 e. The summed E-state index contributed by atoms with van der Waals surface area (Å²) in [6.07, 6.45) is 0.956. The van der Waals surface area contributed by atoms with E-state index < -0.39 is 32.5 Å². The van der Waals surface area contributed by atoms with E-state index in [0.717, 1.165) is 24.5 Å². The number of carbonyl (C=O) groups is 2. The first kappa shape index (κ1) is 20.8. The second-order valence-electron chi connectivity index (χ2n) is 5.62. The van der Waals surface area contributed by atoms with Gasteiger partial charge >= 0.3 is 5.97 Å². The van der Waals surface area contributed by atoms with Gasteiger partial charge in [-0.15, -0.1) is 0 Å². The number of nitro benzene ring substituents is 1. The number of nitrogens with one attached hydrogen (secondary N) is 2. The lowest BCUT2D eigenvalue weighted by molar-refractivity contribution is -0.384. The van der Waals surface area contributed by atoms with Crippen LogP contribution in [-0.2, 0) is 14.8 Å². The quantitative estimate of drug-likeness (QED) is 0.407. The zero-order valence-electron chi connectivity index (χ0n) is 15.0. The molecule has 0 saturated carbocycles. The minimum atomic E-state index is -3.59. The summed E-state index contributed by atoms with van der Waals surface area (Å²) in [4.78, 5) is 34.9. The van der Waals surface area contributed by atoms with Crippen molar-refractivity contribution in [2.45, 2.75) is 6.92 Å². The Morgan fingerprint density at radius 1 is 1.11 bits per heavy atom. The summed E-state index contributed by atoms with van der Waals surface area (Å²) in [6.45, 7) is 1.64. The van der Waals surface area contributed by atoms with Crippen LogP contribution in [-0.4, -0.2) is 38.1 Å². The Balaban J connectivity index is 2.39. The normalized spacial score (nSPS) is 10.8. The largest absolute Gasteiger partial charge is 0.462 e. The van der Waals surface area contributed by atoms with Gasteiger partial charge in [0.1, 0.15) is 0 Å². The summed E-state index contributed by atoms with van der Waals surface area (Å²) >= 11 is 0. The van der Waals surface area contributed by atoms with E-state index in [2.05, 4.69) is 10.0 Å². The first-order valence-electron chi connectivity index (χ1n) is 7.95. The summed E-state index contributed by atoms with van der Waals surface area (Å²) in [5.74, 6) is -1.57. The Bertz CT molecular complexity index is 1030. The van der Waals surface area contributed by atoms with Crippen molar-refractivity contribution in [2.75, 3.05) is 22.9 Å². The first-order valence-corrected chi connectivity index (χ1v) is 9.84. The van der Waals surface area contributed by atoms with Crippen LogP contribution in [0.3, 0.4) is 0 Å². The van der Waals surface area contributed by atoms with Crippen molar-refractivity contribution in [1.29, 1.82) is 0 Å². The van der Waals surface area contributed by atoms with Gasteiger partial charge in [0.15, 0.2) is 0 Å². The number of non-ortho nitro benzene ring substituents is 1. The standard InChI is InChI=1S/C17H17N3O7S/c1-3-27-17(22)12-8-11(9-13(10-12)20(23)24)16(21)18-14-6-4-5-7-15(14)19-28(2,25)26/h4-10,19H,3H2,1-2H3,(H,18,21). The zero-order chi connectivity index (χ0) is 20.9. The molecule has 2 N–H and O–H groups in total. The maximum Gasteiger partial charge on any atom is 0.338 e. The minimum Gasteiger partial charge on any atom is -0.462 e. The molecule has 0 fully saturated rings. The van der Waals surface area contributed by atoms with Gasteiger partial charge in [0, 0.05) is 17.7 Å². The number of nitro groups is 1. The summed E-state index contributed by atoms with van der Waals surface area (Å²) in [6, 6.07) is 9.20. The third-order valence-electron chi connectivity index (χ3n) is 3.37. The van der Waals surface area contributed by atoms with Crippen molar-refractivity contribution in [3.63, 3.8) is 0 Å². The molecule has 148 valence electrons. The number of esters is 1. The van der Waals surface area contributed by atoms with Crippen molar-refractivity contribution in [1.82, 2.24) is 0 Å². The fourth-order valence-electron chi connectivity index (χ4n) is 2.26. The Labute approximate surface area is 160 Å². The summed E-state index contributed by atoms with van der Waals surface area (Å²) in [5, 5.41) is 13.6. The summed E-state index contributed by atoms with van der Waals surface area (Å²) < 4.78 is 30.0. The van der Waals surface area contributed by atoms with Gasteiger partial charge < -0.3 is 10.1 Å². The molecular formula is C17H17N3O7S. The predicted molar refractivity (Wildman–Crippen MR) is 102 cm³/mol. The second kappa shape index (κ2) is 8.48. The van der Waals surface area contributed by atoms with E-state index >= 15 is 0 Å². The summed E-state index contributed by atoms with van der Waals surface area (Å²) in [7, 11) is -3.59. The summed E-state index contributed by atoms with van der Waals surface area (Å²) in [5.41, 5.74) is -0.509. The van der Waals surface area contributed by atoms with Crippen LogP contribution in [0.5, 0.6) is 0 Å². The Hall–Kier alpha value is -3.47. The van der Waals surface area contributed by atoms with Crippen LogP contribution in [0, 0.1) is 10.1 Å². The number of rotatable bonds is 7. The average molecular weight is 407 g/mol. The predicted octanol–water partition coefficient (Wildman–Crippen LogP) is 2.40. The Morgan fingerprint density at radius 2 is 1.71 bits per heavy atom. The SMILES string of the molecule is CCOC(=O)c1cc(C(=O)Nc2ccccc2NS(C)(=O)=O)cc([N+](=O)[O-])c1. The third-order valence-corrected chi connectivity index (χ3v) is 3.96. The topological polar surface area (TPSA) is 145 Å². The molecule has 0 spiro atoms. The number of ether oxygens (including phenoxy) is 1. The molecule has 2 aromatic carbocycles. The van der Waals surface area contributed by atoms with Gasteiger partial charge in [0.2, 0.25) is 10.0 Å². The highest BCUT2D eigenvalue weighted by molar-refractivity contribution is 7.92. The molecule has 2 rings (SSSR count). The number of anilines is 2. The molecule has 10 nitrogen and oxygen atoms in total. The molecule has 0 atom stereocenters. The van der Waals surface area contributed by atoms with Crippen LogP contribution < -0.4 is 10.0 Å². The van der Waals surface area contributed by atoms with Gasteiger partial charge in [0.25, 0.3) is 11.6 Å². The maximum atomic E-state index is 12.6. The van der Waals surface area contributed by atoms with Gasteiger partial charge in [-0.3, -0.25) is 19.6 Å². The molecule has 0 aliphatic carbocycles. The molecule has 0 bridgehead atoms. The van der Waals surface area contributed by atoms with E-state index in [1.165, 1.54) is 12.1 Å². The van der Waals surface area contributed by atoms with Gasteiger partial charge in [-0.05, 0) is 25.1 Å². The van der Waals surface area contributed by atoms with Gasteiger partial charge in [-0.25, -0.2) is 13.2 Å². The average Bonchev–Trinajstić information content (AvgIpc) is 2.62. The fourth-order valence-corrected chi connectivity index (χ4v) is 2.83. The van der Waals surface area contributed by atoms with Crippen LogP contribution >= 0.6 is 0 Å². The monoisotopic (exact) mass is 407 g/mol. The number of carbonyl (C=O) groups excluding carboxylic acids is 2. The Morgan fingerprint density at radius 3 is 2.29 bits per heavy atom. The molecular weight excluding hydrogens is 390 g/mol. The van der Waals surface area contributed by atoms with Crippen LogP contribution in [0.25, 0.3) is 0 Å². The number of hydrogen-bond acceptors (Lipinski definition) is 7. The van der Waals surface area contributed by atoms with Crippen molar-refractivity contribution in [2.24, 2.45) is 0 Å². The number of para-hydroxylation sites is 2. The molecule has 0 aliphatic rings. The lowest BCUT2D eigenvalue weighted by atomic mass is 10.1. The lowest BCUT2D eigenvalue weighted by Crippen LogP contribution is -2.17. The van der Waals surface area contributed by atoms with E-state index in [9.17, 15) is 28.1 Å². The lowest BCUT2D eigenvalue weighted by Gasteiger charge is -2.12. The first-order chi connectivity index (χ1) is 13.1. The molecule has 0 aromatic heterocycles. The minimum absolute atomic E-state index is 0.0631.